The molecule has 2 aromatic carbocycles. The molecule has 0 saturated carbocycles. The summed E-state index contributed by atoms with van der Waals surface area (Å²) in [5.74, 6) is 0. The van der Waals surface area contributed by atoms with Crippen LogP contribution in [0.4, 0.5) is 5.69 Å². The van der Waals surface area contributed by atoms with E-state index in [1.165, 1.54) is 27.3 Å². The summed E-state index contributed by atoms with van der Waals surface area (Å²) in [5.41, 5.74) is 5.57. The van der Waals surface area contributed by atoms with Crippen LogP contribution in [0.15, 0.2) is 47.4 Å². The molecule has 0 spiro atoms. The van der Waals surface area contributed by atoms with Crippen molar-refractivity contribution in [3.8, 4) is 0 Å². The highest BCUT2D eigenvalue weighted by Crippen LogP contribution is 2.23. The van der Waals surface area contributed by atoms with E-state index in [4.69, 9.17) is 0 Å². The van der Waals surface area contributed by atoms with Gasteiger partial charge in [-0.1, -0.05) is 24.3 Å². The molecular formula is C20H26N2S. The minimum atomic E-state index is 1.06. The van der Waals surface area contributed by atoms with E-state index in [0.29, 0.717) is 0 Å². The Labute approximate surface area is 144 Å². The maximum absolute atomic E-state index is 2.57. The lowest BCUT2D eigenvalue weighted by molar-refractivity contribution is 0.250. The second-order valence-electron chi connectivity index (χ2n) is 6.40. The molecule has 0 aromatic heterocycles. The fourth-order valence-corrected chi connectivity index (χ4v) is 3.60. The predicted octanol–water partition coefficient (Wildman–Crippen LogP) is 4.35. The Hall–Kier alpha value is -1.45. The molecular weight excluding hydrogens is 300 g/mol. The van der Waals surface area contributed by atoms with Crippen molar-refractivity contribution in [3.05, 3.63) is 59.2 Å². The second kappa shape index (κ2) is 7.41. The molecule has 122 valence electrons. The molecule has 0 bridgehead atoms. The zero-order valence-electron chi connectivity index (χ0n) is 14.4. The van der Waals surface area contributed by atoms with Gasteiger partial charge in [0.25, 0.3) is 0 Å². The Bertz CT molecular complexity index is 643. The third kappa shape index (κ3) is 4.10. The summed E-state index contributed by atoms with van der Waals surface area (Å²) in [6.07, 6.45) is 2.13. The fourth-order valence-electron chi connectivity index (χ4n) is 3.20. The van der Waals surface area contributed by atoms with Crippen LogP contribution < -0.4 is 4.90 Å². The minimum Gasteiger partial charge on any atom is -0.369 e. The van der Waals surface area contributed by atoms with Crippen molar-refractivity contribution >= 4 is 17.4 Å². The smallest absolute Gasteiger partial charge is 0.0399 e. The predicted molar refractivity (Wildman–Crippen MR) is 102 cm³/mol. The Morgan fingerprint density at radius 2 is 1.61 bits per heavy atom. The first-order valence-electron chi connectivity index (χ1n) is 8.33. The molecule has 3 heteroatoms. The summed E-state index contributed by atoms with van der Waals surface area (Å²) in [6, 6.07) is 15.8. The zero-order chi connectivity index (χ0) is 16.2. The van der Waals surface area contributed by atoms with Gasteiger partial charge in [-0.15, -0.1) is 11.8 Å². The van der Waals surface area contributed by atoms with E-state index >= 15 is 0 Å². The van der Waals surface area contributed by atoms with Crippen LogP contribution in [0.3, 0.4) is 0 Å². The van der Waals surface area contributed by atoms with Crippen LogP contribution in [0, 0.1) is 13.8 Å². The summed E-state index contributed by atoms with van der Waals surface area (Å²) in [6.45, 7) is 9.97. The summed E-state index contributed by atoms with van der Waals surface area (Å²) < 4.78 is 0. The molecule has 0 aliphatic carbocycles. The minimum absolute atomic E-state index is 1.06. The number of hydrogen-bond donors (Lipinski definition) is 0. The van der Waals surface area contributed by atoms with E-state index < -0.39 is 0 Å². The fraction of sp³-hybridized carbons (Fsp3) is 0.400. The normalized spacial score (nSPS) is 15.9. The lowest BCUT2D eigenvalue weighted by Gasteiger charge is -2.37. The number of anilines is 1. The van der Waals surface area contributed by atoms with Gasteiger partial charge in [0.15, 0.2) is 0 Å². The van der Waals surface area contributed by atoms with Crippen LogP contribution in [-0.2, 0) is 6.54 Å². The van der Waals surface area contributed by atoms with Gasteiger partial charge in [0.1, 0.15) is 0 Å². The number of aryl methyl sites for hydroxylation is 2. The molecule has 0 radical (unpaired) electrons. The quantitative estimate of drug-likeness (QED) is 0.771. The van der Waals surface area contributed by atoms with Gasteiger partial charge in [0.05, 0.1) is 0 Å². The third-order valence-corrected chi connectivity index (χ3v) is 5.39. The lowest BCUT2D eigenvalue weighted by Crippen LogP contribution is -2.46. The Morgan fingerprint density at radius 1 is 0.913 bits per heavy atom. The summed E-state index contributed by atoms with van der Waals surface area (Å²) in [4.78, 5) is 6.44. The topological polar surface area (TPSA) is 6.48 Å². The molecule has 0 atom stereocenters. The van der Waals surface area contributed by atoms with Crippen molar-refractivity contribution in [1.82, 2.24) is 4.90 Å². The third-order valence-electron chi connectivity index (χ3n) is 4.64. The van der Waals surface area contributed by atoms with Gasteiger partial charge in [0, 0.05) is 43.3 Å². The van der Waals surface area contributed by atoms with Crippen LogP contribution in [0.25, 0.3) is 0 Å². The number of piperazine rings is 1. The van der Waals surface area contributed by atoms with Gasteiger partial charge in [0.2, 0.25) is 0 Å². The molecule has 1 heterocycles. The van der Waals surface area contributed by atoms with Crippen molar-refractivity contribution in [2.24, 2.45) is 0 Å². The van der Waals surface area contributed by atoms with Gasteiger partial charge < -0.3 is 4.90 Å². The lowest BCUT2D eigenvalue weighted by atomic mass is 10.1. The highest BCUT2D eigenvalue weighted by Gasteiger charge is 2.18. The molecule has 0 N–H and O–H groups in total. The largest absolute Gasteiger partial charge is 0.369 e. The van der Waals surface area contributed by atoms with E-state index in [-0.39, 0.29) is 0 Å². The van der Waals surface area contributed by atoms with E-state index in [2.05, 4.69) is 72.4 Å². The Kier molecular flexibility index (Phi) is 5.29. The van der Waals surface area contributed by atoms with E-state index in [0.717, 1.165) is 32.7 Å². The van der Waals surface area contributed by atoms with Crippen LogP contribution in [0.5, 0.6) is 0 Å². The van der Waals surface area contributed by atoms with Gasteiger partial charge in [-0.3, -0.25) is 4.90 Å². The van der Waals surface area contributed by atoms with E-state index in [1.807, 2.05) is 0 Å². The number of nitrogens with zero attached hydrogens (tertiary/aromatic N) is 2. The van der Waals surface area contributed by atoms with Crippen LogP contribution in [0.2, 0.25) is 0 Å². The van der Waals surface area contributed by atoms with Crippen LogP contribution in [0.1, 0.15) is 16.7 Å². The number of hydrogen-bond acceptors (Lipinski definition) is 3. The van der Waals surface area contributed by atoms with Crippen LogP contribution in [-0.4, -0.2) is 37.3 Å². The molecule has 1 aliphatic heterocycles. The first-order valence-corrected chi connectivity index (χ1v) is 9.55. The average molecular weight is 327 g/mol. The summed E-state index contributed by atoms with van der Waals surface area (Å²) in [7, 11) is 0. The SMILES string of the molecule is CSc1ccc(CN2CCN(c3cc(C)ccc3C)CC2)cc1. The Balaban J connectivity index is 1.58. The molecule has 1 fully saturated rings. The molecule has 1 saturated heterocycles. The van der Waals surface area contributed by atoms with Crippen molar-refractivity contribution in [3.63, 3.8) is 0 Å². The monoisotopic (exact) mass is 326 g/mol. The van der Waals surface area contributed by atoms with Gasteiger partial charge >= 0.3 is 0 Å². The Morgan fingerprint density at radius 3 is 2.26 bits per heavy atom. The van der Waals surface area contributed by atoms with Gasteiger partial charge in [-0.2, -0.15) is 0 Å². The molecule has 23 heavy (non-hydrogen) atoms. The van der Waals surface area contributed by atoms with Gasteiger partial charge in [-0.25, -0.2) is 0 Å². The average Bonchev–Trinajstić information content (AvgIpc) is 2.58. The number of rotatable bonds is 4. The molecule has 0 amide bonds. The first kappa shape index (κ1) is 16.4. The van der Waals surface area contributed by atoms with Crippen molar-refractivity contribution in [2.45, 2.75) is 25.3 Å². The summed E-state index contributed by atoms with van der Waals surface area (Å²) in [5, 5.41) is 0. The maximum Gasteiger partial charge on any atom is 0.0399 e. The van der Waals surface area contributed by atoms with Gasteiger partial charge in [-0.05, 0) is 55.0 Å². The number of thioether (sulfide) groups is 1. The zero-order valence-corrected chi connectivity index (χ0v) is 15.2. The number of benzene rings is 2. The molecule has 3 rings (SSSR count). The molecule has 2 aromatic rings. The molecule has 1 aliphatic rings. The van der Waals surface area contributed by atoms with Crippen molar-refractivity contribution < 1.29 is 0 Å². The molecule has 2 nitrogen and oxygen atoms in total. The summed E-state index contributed by atoms with van der Waals surface area (Å²) >= 11 is 1.80. The van der Waals surface area contributed by atoms with E-state index in [9.17, 15) is 0 Å². The molecule has 0 unspecified atom stereocenters. The maximum atomic E-state index is 2.57. The van der Waals surface area contributed by atoms with E-state index in [1.54, 1.807) is 11.8 Å². The highest BCUT2D eigenvalue weighted by molar-refractivity contribution is 7.98. The standard InChI is InChI=1S/C20H26N2S/c1-16-4-5-17(2)20(14-16)22-12-10-21(11-13-22)15-18-6-8-19(23-3)9-7-18/h4-9,14H,10-13,15H2,1-3H3. The highest BCUT2D eigenvalue weighted by atomic mass is 32.2. The van der Waals surface area contributed by atoms with Crippen molar-refractivity contribution in [2.75, 3.05) is 37.3 Å². The van der Waals surface area contributed by atoms with Crippen LogP contribution >= 0.6 is 11.8 Å². The van der Waals surface area contributed by atoms with Crippen molar-refractivity contribution in [1.29, 1.82) is 0 Å². The second-order valence-corrected chi connectivity index (χ2v) is 7.28. The first-order chi connectivity index (χ1) is 11.2.